The van der Waals surface area contributed by atoms with Crippen LogP contribution in [0.4, 0.5) is 13.2 Å². The molecule has 28 heavy (non-hydrogen) atoms. The summed E-state index contributed by atoms with van der Waals surface area (Å²) < 4.78 is 43.6. The van der Waals surface area contributed by atoms with E-state index in [1.165, 1.54) is 6.07 Å². The summed E-state index contributed by atoms with van der Waals surface area (Å²) in [5.74, 6) is -1.58. The zero-order chi connectivity index (χ0) is 20.5. The number of esters is 1. The molecule has 2 aromatic carbocycles. The van der Waals surface area contributed by atoms with E-state index in [2.05, 4.69) is 15.0 Å². The van der Waals surface area contributed by atoms with Crippen LogP contribution in [0.25, 0.3) is 10.9 Å². The van der Waals surface area contributed by atoms with Crippen LogP contribution in [0.3, 0.4) is 0 Å². The van der Waals surface area contributed by atoms with Crippen molar-refractivity contribution < 1.29 is 27.5 Å². The number of hydrogen-bond acceptors (Lipinski definition) is 3. The average molecular weight is 411 g/mol. The zero-order valence-corrected chi connectivity index (χ0v) is 15.2. The maximum absolute atomic E-state index is 13.0. The minimum atomic E-state index is -4.59. The molecular formula is C19H14ClF3N2O3. The summed E-state index contributed by atoms with van der Waals surface area (Å²) in [6.07, 6.45) is -4.59. The lowest BCUT2D eigenvalue weighted by Gasteiger charge is -2.18. The summed E-state index contributed by atoms with van der Waals surface area (Å²) >= 11 is 5.91. The molecule has 1 atom stereocenters. The number of aromatic amines is 1. The molecule has 1 heterocycles. The van der Waals surface area contributed by atoms with Gasteiger partial charge in [-0.15, -0.1) is 0 Å². The molecule has 0 saturated heterocycles. The Labute approximate surface area is 162 Å². The second-order valence-corrected chi connectivity index (χ2v) is 6.40. The molecule has 0 aliphatic rings. The third kappa shape index (κ3) is 4.12. The van der Waals surface area contributed by atoms with Gasteiger partial charge in [0.2, 0.25) is 0 Å². The van der Waals surface area contributed by atoms with Crippen LogP contribution in [0.5, 0.6) is 0 Å². The lowest BCUT2D eigenvalue weighted by molar-refractivity contribution is -0.143. The number of fused-ring (bicyclic) bond motifs is 1. The smallest absolute Gasteiger partial charge is 0.416 e. The number of nitrogens with one attached hydrogen (secondary N) is 2. The van der Waals surface area contributed by atoms with Crippen LogP contribution in [0.15, 0.2) is 48.5 Å². The first kappa shape index (κ1) is 19.8. The van der Waals surface area contributed by atoms with Crippen molar-refractivity contribution in [3.05, 3.63) is 70.4 Å². The average Bonchev–Trinajstić information content (AvgIpc) is 3.08. The van der Waals surface area contributed by atoms with Gasteiger partial charge in [-0.2, -0.15) is 13.2 Å². The highest BCUT2D eigenvalue weighted by Crippen LogP contribution is 2.31. The predicted octanol–water partition coefficient (Wildman–Crippen LogP) is 4.48. The van der Waals surface area contributed by atoms with Crippen LogP contribution in [-0.2, 0) is 15.7 Å². The molecule has 0 aliphatic heterocycles. The maximum Gasteiger partial charge on any atom is 0.416 e. The Morgan fingerprint density at radius 2 is 1.89 bits per heavy atom. The van der Waals surface area contributed by atoms with Crippen LogP contribution in [0, 0.1) is 0 Å². The Morgan fingerprint density at radius 3 is 2.57 bits per heavy atom. The molecule has 3 rings (SSSR count). The first-order chi connectivity index (χ1) is 13.2. The molecule has 1 aromatic heterocycles. The van der Waals surface area contributed by atoms with Crippen LogP contribution in [-0.4, -0.2) is 24.0 Å². The fourth-order valence-electron chi connectivity index (χ4n) is 2.72. The van der Waals surface area contributed by atoms with Gasteiger partial charge in [0.05, 0.1) is 12.7 Å². The zero-order valence-electron chi connectivity index (χ0n) is 14.4. The van der Waals surface area contributed by atoms with E-state index < -0.39 is 29.7 Å². The van der Waals surface area contributed by atoms with Crippen molar-refractivity contribution in [2.45, 2.75) is 12.2 Å². The summed E-state index contributed by atoms with van der Waals surface area (Å²) in [4.78, 5) is 27.5. The number of carbonyl (C=O) groups is 2. The first-order valence-corrected chi connectivity index (χ1v) is 8.41. The first-order valence-electron chi connectivity index (χ1n) is 8.03. The number of methoxy groups -OCH3 is 1. The van der Waals surface area contributed by atoms with E-state index in [1.807, 2.05) is 0 Å². The number of rotatable bonds is 4. The highest BCUT2D eigenvalue weighted by Gasteiger charge is 2.32. The van der Waals surface area contributed by atoms with E-state index >= 15 is 0 Å². The number of hydrogen-bond donors (Lipinski definition) is 2. The third-order valence-corrected chi connectivity index (χ3v) is 4.32. The molecular weight excluding hydrogens is 397 g/mol. The summed E-state index contributed by atoms with van der Waals surface area (Å²) in [5, 5.41) is 3.59. The molecule has 9 heteroatoms. The lowest BCUT2D eigenvalue weighted by Crippen LogP contribution is -2.34. The van der Waals surface area contributed by atoms with Crippen molar-refractivity contribution >= 4 is 34.4 Å². The summed E-state index contributed by atoms with van der Waals surface area (Å²) in [7, 11) is 1.08. The van der Waals surface area contributed by atoms with Gasteiger partial charge < -0.3 is 15.0 Å². The minimum Gasteiger partial charge on any atom is -0.467 e. The van der Waals surface area contributed by atoms with Crippen LogP contribution >= 0.6 is 11.6 Å². The van der Waals surface area contributed by atoms with Gasteiger partial charge >= 0.3 is 12.1 Å². The largest absolute Gasteiger partial charge is 0.467 e. The van der Waals surface area contributed by atoms with Gasteiger partial charge in [0, 0.05) is 15.9 Å². The van der Waals surface area contributed by atoms with Gasteiger partial charge in [-0.05, 0) is 35.9 Å². The van der Waals surface area contributed by atoms with Crippen LogP contribution in [0.1, 0.15) is 27.7 Å². The number of alkyl halides is 3. The number of benzene rings is 2. The standard InChI is InChI=1S/C19H14ClF3N2O3/c1-28-18(27)16(11-3-2-4-12(7-11)19(21,22)23)25-17(26)15-8-10-5-6-13(20)9-14(10)24-15/h2-9,16,24H,1H3,(H,25,26). The van der Waals surface area contributed by atoms with E-state index in [-0.39, 0.29) is 11.3 Å². The van der Waals surface area contributed by atoms with E-state index in [4.69, 9.17) is 11.6 Å². The Hall–Kier alpha value is -3.00. The second-order valence-electron chi connectivity index (χ2n) is 5.97. The Morgan fingerprint density at radius 1 is 1.14 bits per heavy atom. The van der Waals surface area contributed by atoms with Crippen molar-refractivity contribution in [2.75, 3.05) is 7.11 Å². The van der Waals surface area contributed by atoms with Crippen molar-refractivity contribution in [1.82, 2.24) is 10.3 Å². The van der Waals surface area contributed by atoms with Crippen molar-refractivity contribution in [1.29, 1.82) is 0 Å². The number of halogens is 4. The Balaban J connectivity index is 1.92. The molecule has 3 aromatic rings. The molecule has 0 spiro atoms. The molecule has 0 saturated carbocycles. The van der Waals surface area contributed by atoms with Gasteiger partial charge in [-0.3, -0.25) is 4.79 Å². The predicted molar refractivity (Wildman–Crippen MR) is 97.0 cm³/mol. The van der Waals surface area contributed by atoms with Gasteiger partial charge in [-0.1, -0.05) is 29.8 Å². The van der Waals surface area contributed by atoms with Gasteiger partial charge in [0.1, 0.15) is 5.69 Å². The molecule has 5 nitrogen and oxygen atoms in total. The van der Waals surface area contributed by atoms with E-state index in [0.717, 1.165) is 25.3 Å². The highest BCUT2D eigenvalue weighted by molar-refractivity contribution is 6.31. The highest BCUT2D eigenvalue weighted by atomic mass is 35.5. The normalized spacial score (nSPS) is 12.6. The Bertz CT molecular complexity index is 1050. The number of aromatic nitrogens is 1. The maximum atomic E-state index is 13.0. The molecule has 2 N–H and O–H groups in total. The quantitative estimate of drug-likeness (QED) is 0.623. The molecule has 0 radical (unpaired) electrons. The van der Waals surface area contributed by atoms with Crippen molar-refractivity contribution in [3.8, 4) is 0 Å². The van der Waals surface area contributed by atoms with Gasteiger partial charge in [-0.25, -0.2) is 4.79 Å². The third-order valence-electron chi connectivity index (χ3n) is 4.09. The second kappa shape index (κ2) is 7.55. The van der Waals surface area contributed by atoms with Gasteiger partial charge in [0.25, 0.3) is 5.91 Å². The van der Waals surface area contributed by atoms with Crippen molar-refractivity contribution in [2.24, 2.45) is 0 Å². The molecule has 0 aliphatic carbocycles. The molecule has 0 bridgehead atoms. The number of H-pyrrole nitrogens is 1. The fourth-order valence-corrected chi connectivity index (χ4v) is 2.89. The van der Waals surface area contributed by atoms with E-state index in [1.54, 1.807) is 24.3 Å². The van der Waals surface area contributed by atoms with Crippen LogP contribution < -0.4 is 5.32 Å². The number of amides is 1. The van der Waals surface area contributed by atoms with Crippen LogP contribution in [0.2, 0.25) is 5.02 Å². The lowest BCUT2D eigenvalue weighted by atomic mass is 10.0. The molecule has 146 valence electrons. The topological polar surface area (TPSA) is 71.2 Å². The van der Waals surface area contributed by atoms with Crippen molar-refractivity contribution in [3.63, 3.8) is 0 Å². The minimum absolute atomic E-state index is 0.0471. The van der Waals surface area contributed by atoms with E-state index in [0.29, 0.717) is 15.9 Å². The SMILES string of the molecule is COC(=O)C(NC(=O)c1cc2ccc(Cl)cc2[nH]1)c1cccc(C(F)(F)F)c1. The molecule has 1 amide bonds. The summed E-state index contributed by atoms with van der Waals surface area (Å²) in [6.45, 7) is 0. The fraction of sp³-hybridized carbons (Fsp3) is 0.158. The molecule has 0 fully saturated rings. The number of ether oxygens (including phenoxy) is 1. The number of carbonyl (C=O) groups excluding carboxylic acids is 2. The Kier molecular flexibility index (Phi) is 5.33. The summed E-state index contributed by atoms with van der Waals surface area (Å²) in [6, 6.07) is 9.25. The summed E-state index contributed by atoms with van der Waals surface area (Å²) in [5.41, 5.74) is -0.257. The van der Waals surface area contributed by atoms with Gasteiger partial charge in [0.15, 0.2) is 6.04 Å². The van der Waals surface area contributed by atoms with E-state index in [9.17, 15) is 22.8 Å². The monoisotopic (exact) mass is 410 g/mol. The molecule has 1 unspecified atom stereocenters.